The average Bonchev–Trinajstić information content (AvgIpc) is 3.09. The monoisotopic (exact) mass is 355 g/mol. The van der Waals surface area contributed by atoms with E-state index in [9.17, 15) is 9.90 Å². The molecule has 5 nitrogen and oxygen atoms in total. The van der Waals surface area contributed by atoms with Gasteiger partial charge in [-0.05, 0) is 48.4 Å². The van der Waals surface area contributed by atoms with E-state index in [0.717, 1.165) is 41.1 Å². The van der Waals surface area contributed by atoms with E-state index in [2.05, 4.69) is 5.32 Å². The molecular weight excluding hydrogens is 334 g/mol. The van der Waals surface area contributed by atoms with Crippen LogP contribution in [0.3, 0.4) is 0 Å². The quantitative estimate of drug-likeness (QED) is 0.775. The number of likely N-dealkylation sites (tertiary alicyclic amines) is 1. The molecule has 3 heterocycles. The summed E-state index contributed by atoms with van der Waals surface area (Å²) in [6.07, 6.45) is 1.91. The van der Waals surface area contributed by atoms with Crippen molar-refractivity contribution in [1.82, 2.24) is 4.90 Å². The van der Waals surface area contributed by atoms with Gasteiger partial charge in [0.25, 0.3) is 5.91 Å². The van der Waals surface area contributed by atoms with Crippen LogP contribution >= 0.6 is 11.3 Å². The normalized spacial score (nSPS) is 19.6. The van der Waals surface area contributed by atoms with Gasteiger partial charge in [0.2, 0.25) is 0 Å². The minimum Gasteiger partial charge on any atom is -0.396 e. The van der Waals surface area contributed by atoms with Crippen LogP contribution in [0.15, 0.2) is 29.6 Å². The van der Waals surface area contributed by atoms with Crippen molar-refractivity contribution in [2.45, 2.75) is 19.4 Å². The summed E-state index contributed by atoms with van der Waals surface area (Å²) in [5.74, 6) is 0.189. The van der Waals surface area contributed by atoms with Gasteiger partial charge in [-0.3, -0.25) is 10.2 Å². The number of piperidine rings is 1. The number of aliphatic hydroxyl groups is 1. The summed E-state index contributed by atoms with van der Waals surface area (Å²) in [6.45, 7) is 2.17. The Bertz CT molecular complexity index is 830. The first kappa shape index (κ1) is 16.3. The average molecular weight is 355 g/mol. The first-order valence-electron chi connectivity index (χ1n) is 8.61. The first-order valence-corrected chi connectivity index (χ1v) is 9.49. The second-order valence-corrected chi connectivity index (χ2v) is 7.69. The summed E-state index contributed by atoms with van der Waals surface area (Å²) >= 11 is 1.65. The molecule has 1 amide bonds. The molecule has 1 aromatic carbocycles. The van der Waals surface area contributed by atoms with E-state index in [1.807, 2.05) is 34.5 Å². The van der Waals surface area contributed by atoms with Crippen molar-refractivity contribution in [3.63, 3.8) is 0 Å². The summed E-state index contributed by atoms with van der Waals surface area (Å²) < 4.78 is 0. The number of thiophene rings is 1. The number of carbonyl (C=O) groups is 1. The van der Waals surface area contributed by atoms with Gasteiger partial charge in [-0.15, -0.1) is 11.3 Å². The number of hydrogen-bond donors (Lipinski definition) is 3. The van der Waals surface area contributed by atoms with Crippen molar-refractivity contribution >= 4 is 28.6 Å². The van der Waals surface area contributed by atoms with Gasteiger partial charge in [-0.2, -0.15) is 0 Å². The van der Waals surface area contributed by atoms with E-state index in [0.29, 0.717) is 24.4 Å². The number of carbonyl (C=O) groups excluding carboxylic acids is 1. The molecule has 2 aliphatic rings. The largest absolute Gasteiger partial charge is 0.396 e. The highest BCUT2D eigenvalue weighted by atomic mass is 32.1. The fourth-order valence-electron chi connectivity index (χ4n) is 3.64. The number of amides is 1. The molecule has 3 N–H and O–H groups in total. The number of hydrogen-bond acceptors (Lipinski definition) is 5. The molecule has 1 atom stereocenters. The lowest BCUT2D eigenvalue weighted by molar-refractivity contribution is 0.0621. The summed E-state index contributed by atoms with van der Waals surface area (Å²) in [4.78, 5) is 15.8. The van der Waals surface area contributed by atoms with Gasteiger partial charge in [0, 0.05) is 47.0 Å². The Morgan fingerprint density at radius 1 is 1.36 bits per heavy atom. The Labute approximate surface area is 150 Å². The van der Waals surface area contributed by atoms with Gasteiger partial charge in [-0.25, -0.2) is 0 Å². The summed E-state index contributed by atoms with van der Waals surface area (Å²) in [6, 6.07) is 7.54. The van der Waals surface area contributed by atoms with Gasteiger partial charge >= 0.3 is 0 Å². The van der Waals surface area contributed by atoms with Crippen molar-refractivity contribution in [2.24, 2.45) is 5.92 Å². The maximum absolute atomic E-state index is 12.8. The molecule has 6 heteroatoms. The number of nitrogens with one attached hydrogen (secondary N) is 2. The predicted molar refractivity (Wildman–Crippen MR) is 99.7 cm³/mol. The Kier molecular flexibility index (Phi) is 4.31. The van der Waals surface area contributed by atoms with Crippen LogP contribution < -0.4 is 5.32 Å². The van der Waals surface area contributed by atoms with Crippen molar-refractivity contribution in [2.75, 3.05) is 25.0 Å². The van der Waals surface area contributed by atoms with Gasteiger partial charge in [0.05, 0.1) is 12.3 Å². The third-order valence-corrected chi connectivity index (χ3v) is 5.98. The van der Waals surface area contributed by atoms with E-state index in [-0.39, 0.29) is 18.4 Å². The van der Waals surface area contributed by atoms with Crippen LogP contribution in [0.5, 0.6) is 0 Å². The van der Waals surface area contributed by atoms with E-state index in [1.54, 1.807) is 11.3 Å². The Balaban J connectivity index is 1.61. The standard InChI is InChI=1S/C19H21N3O2S/c20-18-14-4-3-13(19(24)22-6-1-2-12(10-22)11-23)8-16(14)21-9-17-15(18)5-7-25-17/h3-5,7-8,12,20-21,23H,1-2,6,9-11H2. The topological polar surface area (TPSA) is 76.4 Å². The molecule has 1 unspecified atom stereocenters. The van der Waals surface area contributed by atoms with Crippen molar-refractivity contribution < 1.29 is 9.90 Å². The highest BCUT2D eigenvalue weighted by molar-refractivity contribution is 7.10. The lowest BCUT2D eigenvalue weighted by Crippen LogP contribution is -2.41. The van der Waals surface area contributed by atoms with Crippen LogP contribution in [0.2, 0.25) is 0 Å². The minimum absolute atomic E-state index is 0.00768. The number of benzene rings is 1. The first-order chi connectivity index (χ1) is 12.2. The van der Waals surface area contributed by atoms with Gasteiger partial charge in [-0.1, -0.05) is 0 Å². The Hall–Kier alpha value is -2.18. The second-order valence-electron chi connectivity index (χ2n) is 6.69. The van der Waals surface area contributed by atoms with Crippen LogP contribution in [-0.2, 0) is 6.54 Å². The van der Waals surface area contributed by atoms with E-state index in [4.69, 9.17) is 5.41 Å². The lowest BCUT2D eigenvalue weighted by atomic mass is 9.97. The molecule has 25 heavy (non-hydrogen) atoms. The molecule has 1 aromatic heterocycles. The molecule has 0 bridgehead atoms. The summed E-state index contributed by atoms with van der Waals surface area (Å²) in [5.41, 5.74) is 3.80. The van der Waals surface area contributed by atoms with Gasteiger partial charge in [0.15, 0.2) is 0 Å². The van der Waals surface area contributed by atoms with Crippen molar-refractivity contribution in [3.8, 4) is 0 Å². The molecule has 1 fully saturated rings. The molecule has 0 aliphatic carbocycles. The Morgan fingerprint density at radius 3 is 3.08 bits per heavy atom. The summed E-state index contributed by atoms with van der Waals surface area (Å²) in [5, 5.41) is 23.2. The molecule has 0 spiro atoms. The maximum Gasteiger partial charge on any atom is 0.253 e. The van der Waals surface area contributed by atoms with Crippen LogP contribution in [0.1, 0.15) is 39.2 Å². The van der Waals surface area contributed by atoms with Gasteiger partial charge in [0.1, 0.15) is 0 Å². The van der Waals surface area contributed by atoms with Crippen LogP contribution in [0.25, 0.3) is 0 Å². The zero-order chi connectivity index (χ0) is 17.4. The van der Waals surface area contributed by atoms with Crippen LogP contribution in [0, 0.1) is 11.3 Å². The van der Waals surface area contributed by atoms with Crippen LogP contribution in [0.4, 0.5) is 5.69 Å². The third-order valence-electron chi connectivity index (χ3n) is 5.05. The second kappa shape index (κ2) is 6.61. The predicted octanol–water partition coefficient (Wildman–Crippen LogP) is 2.93. The fourth-order valence-corrected chi connectivity index (χ4v) is 4.46. The number of rotatable bonds is 2. The number of aliphatic hydroxyl groups excluding tert-OH is 1. The molecule has 1 saturated heterocycles. The van der Waals surface area contributed by atoms with E-state index < -0.39 is 0 Å². The van der Waals surface area contributed by atoms with Crippen LogP contribution in [-0.4, -0.2) is 41.3 Å². The zero-order valence-electron chi connectivity index (χ0n) is 13.9. The molecule has 130 valence electrons. The molecular formula is C19H21N3O2S. The fraction of sp³-hybridized carbons (Fsp3) is 0.368. The van der Waals surface area contributed by atoms with Gasteiger partial charge < -0.3 is 15.3 Å². The molecule has 0 saturated carbocycles. The number of fused-ring (bicyclic) bond motifs is 2. The molecule has 2 aromatic rings. The molecule has 0 radical (unpaired) electrons. The zero-order valence-corrected chi connectivity index (χ0v) is 14.7. The number of anilines is 1. The van der Waals surface area contributed by atoms with E-state index in [1.165, 1.54) is 0 Å². The number of nitrogens with zero attached hydrogens (tertiary/aromatic N) is 1. The van der Waals surface area contributed by atoms with E-state index >= 15 is 0 Å². The maximum atomic E-state index is 12.8. The lowest BCUT2D eigenvalue weighted by Gasteiger charge is -2.32. The minimum atomic E-state index is 0.00768. The van der Waals surface area contributed by atoms with Crippen molar-refractivity contribution in [3.05, 3.63) is 51.2 Å². The third kappa shape index (κ3) is 2.96. The smallest absolute Gasteiger partial charge is 0.253 e. The molecule has 2 aliphatic heterocycles. The molecule has 4 rings (SSSR count). The summed E-state index contributed by atoms with van der Waals surface area (Å²) in [7, 11) is 0. The Morgan fingerprint density at radius 2 is 2.24 bits per heavy atom. The SMILES string of the molecule is N=C1c2ccc(C(=O)N3CCCC(CO)C3)cc2NCc2sccc21. The van der Waals surface area contributed by atoms with Crippen molar-refractivity contribution in [1.29, 1.82) is 5.41 Å². The highest BCUT2D eigenvalue weighted by Gasteiger charge is 2.25. The highest BCUT2D eigenvalue weighted by Crippen LogP contribution is 2.30.